The molecule has 6 nitrogen and oxygen atoms in total. The Labute approximate surface area is 185 Å². The minimum Gasteiger partial charge on any atom is -0.496 e. The van der Waals surface area contributed by atoms with Gasteiger partial charge in [0.15, 0.2) is 11.7 Å². The van der Waals surface area contributed by atoms with Crippen LogP contribution in [-0.2, 0) is 13.1 Å². The van der Waals surface area contributed by atoms with Crippen molar-refractivity contribution in [2.75, 3.05) is 13.7 Å². The highest BCUT2D eigenvalue weighted by atomic mass is 127. The lowest BCUT2D eigenvalue weighted by atomic mass is 9.99. The standard InChI is InChI=1S/C21H32N4O2.HI/c1-6-17(7-2)19-12-18(27-25-19)14-24-21(22-8-3)23-13-16-9-10-20(26-5)15(4)11-16;/h9-12,17H,6-8,13-14H2,1-5H3,(H2,22,23,24);1H. The molecule has 0 saturated carbocycles. The summed E-state index contributed by atoms with van der Waals surface area (Å²) < 4.78 is 10.8. The van der Waals surface area contributed by atoms with E-state index in [4.69, 9.17) is 9.26 Å². The molecule has 0 amide bonds. The molecule has 7 heteroatoms. The normalized spacial score (nSPS) is 11.3. The number of methoxy groups -OCH3 is 1. The van der Waals surface area contributed by atoms with E-state index >= 15 is 0 Å². The summed E-state index contributed by atoms with van der Waals surface area (Å²) >= 11 is 0. The summed E-state index contributed by atoms with van der Waals surface area (Å²) in [5, 5.41) is 10.8. The van der Waals surface area contributed by atoms with Gasteiger partial charge in [0.05, 0.1) is 25.9 Å². The van der Waals surface area contributed by atoms with Crippen molar-refractivity contribution in [3.05, 3.63) is 46.8 Å². The molecule has 0 atom stereocenters. The third-order valence-electron chi connectivity index (χ3n) is 4.63. The zero-order valence-electron chi connectivity index (χ0n) is 17.5. The average molecular weight is 500 g/mol. The van der Waals surface area contributed by atoms with Gasteiger partial charge in [0, 0.05) is 18.5 Å². The van der Waals surface area contributed by atoms with Gasteiger partial charge in [0.2, 0.25) is 0 Å². The number of aryl methyl sites for hydroxylation is 1. The van der Waals surface area contributed by atoms with E-state index in [1.165, 1.54) is 0 Å². The van der Waals surface area contributed by atoms with Crippen LogP contribution >= 0.6 is 24.0 Å². The molecule has 0 bridgehead atoms. The van der Waals surface area contributed by atoms with Gasteiger partial charge < -0.3 is 19.9 Å². The van der Waals surface area contributed by atoms with Crippen molar-refractivity contribution in [1.29, 1.82) is 0 Å². The molecule has 1 heterocycles. The molecule has 0 fully saturated rings. The Morgan fingerprint density at radius 2 is 1.93 bits per heavy atom. The van der Waals surface area contributed by atoms with Crippen LogP contribution in [0, 0.1) is 6.92 Å². The molecule has 0 unspecified atom stereocenters. The van der Waals surface area contributed by atoms with Gasteiger partial charge in [-0.3, -0.25) is 0 Å². The van der Waals surface area contributed by atoms with Gasteiger partial charge in [-0.2, -0.15) is 0 Å². The molecule has 0 aliphatic carbocycles. The van der Waals surface area contributed by atoms with E-state index in [1.54, 1.807) is 7.11 Å². The molecular weight excluding hydrogens is 467 g/mol. The topological polar surface area (TPSA) is 71.7 Å². The van der Waals surface area contributed by atoms with Crippen molar-refractivity contribution in [1.82, 2.24) is 15.8 Å². The fourth-order valence-corrected chi connectivity index (χ4v) is 3.03. The van der Waals surface area contributed by atoms with Crippen LogP contribution in [0.25, 0.3) is 0 Å². The maximum absolute atomic E-state index is 5.47. The van der Waals surface area contributed by atoms with Gasteiger partial charge >= 0.3 is 0 Å². The second kappa shape index (κ2) is 12.6. The van der Waals surface area contributed by atoms with Gasteiger partial charge in [-0.1, -0.05) is 31.1 Å². The zero-order valence-corrected chi connectivity index (χ0v) is 19.9. The summed E-state index contributed by atoms with van der Waals surface area (Å²) in [7, 11) is 1.69. The first-order chi connectivity index (χ1) is 13.1. The fourth-order valence-electron chi connectivity index (χ4n) is 3.03. The number of nitrogens with one attached hydrogen (secondary N) is 2. The third kappa shape index (κ3) is 7.00. The summed E-state index contributed by atoms with van der Waals surface area (Å²) in [6.45, 7) is 10.4. The van der Waals surface area contributed by atoms with Gasteiger partial charge in [0.1, 0.15) is 5.75 Å². The van der Waals surface area contributed by atoms with Gasteiger partial charge in [-0.15, -0.1) is 24.0 Å². The quantitative estimate of drug-likeness (QED) is 0.295. The van der Waals surface area contributed by atoms with Crippen LogP contribution in [0.3, 0.4) is 0 Å². The first kappa shape index (κ1) is 24.3. The number of halogens is 1. The van der Waals surface area contributed by atoms with Crippen LogP contribution in [0.5, 0.6) is 5.75 Å². The Kier molecular flexibility index (Phi) is 11.0. The molecule has 28 heavy (non-hydrogen) atoms. The molecule has 0 aliphatic rings. The molecule has 2 rings (SSSR count). The number of nitrogens with zero attached hydrogens (tertiary/aromatic N) is 2. The Morgan fingerprint density at radius 1 is 1.18 bits per heavy atom. The lowest BCUT2D eigenvalue weighted by molar-refractivity contribution is 0.368. The van der Waals surface area contributed by atoms with Crippen molar-refractivity contribution in [3.63, 3.8) is 0 Å². The first-order valence-electron chi connectivity index (χ1n) is 9.72. The van der Waals surface area contributed by atoms with Crippen molar-refractivity contribution in [3.8, 4) is 5.75 Å². The first-order valence-corrected chi connectivity index (χ1v) is 9.72. The summed E-state index contributed by atoms with van der Waals surface area (Å²) in [6.07, 6.45) is 2.14. The molecule has 1 aromatic carbocycles. The van der Waals surface area contributed by atoms with Crippen LogP contribution in [0.4, 0.5) is 0 Å². The lowest BCUT2D eigenvalue weighted by Gasteiger charge is -2.10. The van der Waals surface area contributed by atoms with Crippen LogP contribution < -0.4 is 15.4 Å². The highest BCUT2D eigenvalue weighted by Gasteiger charge is 2.13. The number of ether oxygens (including phenoxy) is 1. The van der Waals surface area contributed by atoms with Crippen molar-refractivity contribution in [2.45, 2.75) is 59.5 Å². The molecule has 2 N–H and O–H groups in total. The second-order valence-electron chi connectivity index (χ2n) is 6.58. The Hall–Kier alpha value is -1.77. The van der Waals surface area contributed by atoms with Crippen LogP contribution in [0.2, 0.25) is 0 Å². The van der Waals surface area contributed by atoms with Crippen LogP contribution in [0.15, 0.2) is 33.8 Å². The van der Waals surface area contributed by atoms with Gasteiger partial charge in [-0.25, -0.2) is 4.99 Å². The minimum atomic E-state index is 0. The molecule has 0 spiro atoms. The maximum atomic E-state index is 5.47. The molecule has 0 aliphatic heterocycles. The largest absolute Gasteiger partial charge is 0.496 e. The van der Waals surface area contributed by atoms with Gasteiger partial charge in [0.25, 0.3) is 0 Å². The molecule has 1 aromatic heterocycles. The summed E-state index contributed by atoms with van der Waals surface area (Å²) in [4.78, 5) is 4.66. The average Bonchev–Trinajstić information content (AvgIpc) is 3.14. The monoisotopic (exact) mass is 500 g/mol. The van der Waals surface area contributed by atoms with E-state index in [1.807, 2.05) is 32.0 Å². The number of hydrogen-bond donors (Lipinski definition) is 2. The predicted molar refractivity (Wildman–Crippen MR) is 125 cm³/mol. The Bertz CT molecular complexity index is 742. The van der Waals surface area contributed by atoms with Crippen LogP contribution in [0.1, 0.15) is 62.1 Å². The molecule has 2 aromatic rings. The number of benzene rings is 1. The summed E-state index contributed by atoms with van der Waals surface area (Å²) in [5.74, 6) is 2.93. The van der Waals surface area contributed by atoms with Crippen molar-refractivity contribution >= 4 is 29.9 Å². The Morgan fingerprint density at radius 3 is 2.54 bits per heavy atom. The highest BCUT2D eigenvalue weighted by molar-refractivity contribution is 14.0. The van der Waals surface area contributed by atoms with Crippen molar-refractivity contribution < 1.29 is 9.26 Å². The Balaban J connectivity index is 0.00000392. The highest BCUT2D eigenvalue weighted by Crippen LogP contribution is 2.22. The predicted octanol–water partition coefficient (Wildman–Crippen LogP) is 4.77. The molecule has 0 saturated heterocycles. The molecule has 156 valence electrons. The number of aliphatic imine (C=N–C) groups is 1. The summed E-state index contributed by atoms with van der Waals surface area (Å²) in [5.41, 5.74) is 3.28. The van der Waals surface area contributed by atoms with Gasteiger partial charge in [-0.05, 0) is 43.9 Å². The molecular formula is C21H33IN4O2. The van der Waals surface area contributed by atoms with E-state index in [9.17, 15) is 0 Å². The van der Waals surface area contributed by atoms with Crippen molar-refractivity contribution in [2.24, 2.45) is 4.99 Å². The number of aromatic nitrogens is 1. The second-order valence-corrected chi connectivity index (χ2v) is 6.58. The summed E-state index contributed by atoms with van der Waals surface area (Å²) in [6, 6.07) is 8.16. The lowest BCUT2D eigenvalue weighted by Crippen LogP contribution is -2.36. The smallest absolute Gasteiger partial charge is 0.191 e. The fraction of sp³-hybridized carbons (Fsp3) is 0.524. The van der Waals surface area contributed by atoms with E-state index in [0.717, 1.165) is 53.7 Å². The third-order valence-corrected chi connectivity index (χ3v) is 4.63. The SMILES string of the molecule is CCNC(=NCc1ccc(OC)c(C)c1)NCc1cc(C(CC)CC)no1.I. The van der Waals surface area contributed by atoms with E-state index in [-0.39, 0.29) is 24.0 Å². The maximum Gasteiger partial charge on any atom is 0.191 e. The zero-order chi connectivity index (χ0) is 19.6. The van der Waals surface area contributed by atoms with E-state index in [2.05, 4.69) is 40.7 Å². The van der Waals surface area contributed by atoms with E-state index in [0.29, 0.717) is 19.0 Å². The molecule has 0 radical (unpaired) electrons. The van der Waals surface area contributed by atoms with E-state index < -0.39 is 0 Å². The number of guanidine groups is 1. The van der Waals surface area contributed by atoms with Crippen LogP contribution in [-0.4, -0.2) is 24.8 Å². The minimum absolute atomic E-state index is 0. The number of hydrogen-bond acceptors (Lipinski definition) is 4. The number of rotatable bonds is 9.